The maximum atomic E-state index is 14.1. The molecule has 12 nitrogen and oxygen atoms in total. The Balaban J connectivity index is 0.000000241. The normalized spacial score (nSPS) is 11.4. The van der Waals surface area contributed by atoms with E-state index in [0.717, 1.165) is 24.3 Å². The molecule has 6 rings (SSSR count). The molecule has 0 radical (unpaired) electrons. The lowest BCUT2D eigenvalue weighted by Gasteiger charge is -2.11. The number of hydrogen-bond donors (Lipinski definition) is 6. The largest absolute Gasteiger partial charge is 0.416 e. The van der Waals surface area contributed by atoms with Crippen LogP contribution in [0.4, 0.5) is 46.5 Å². The molecule has 8 N–H and O–H groups in total. The number of H-pyrrole nitrogens is 2. The van der Waals surface area contributed by atoms with Crippen molar-refractivity contribution in [2.45, 2.75) is 65.0 Å². The number of hydrogen-bond acceptors (Lipinski definition) is 8. The van der Waals surface area contributed by atoms with Crippen molar-refractivity contribution in [3.63, 3.8) is 0 Å². The molecule has 2 heterocycles. The number of amides is 2. The third-order valence-electron chi connectivity index (χ3n) is 9.69. The Morgan fingerprint density at radius 3 is 1.23 bits per heavy atom. The van der Waals surface area contributed by atoms with E-state index in [9.17, 15) is 54.3 Å². The fourth-order valence-electron chi connectivity index (χ4n) is 6.60. The van der Waals surface area contributed by atoms with Crippen LogP contribution in [0.2, 0.25) is 0 Å². The maximum Gasteiger partial charge on any atom is 0.416 e. The zero-order valence-corrected chi connectivity index (χ0v) is 34.0. The van der Waals surface area contributed by atoms with Crippen LogP contribution in [0.25, 0.3) is 0 Å². The van der Waals surface area contributed by atoms with Crippen LogP contribution in [0, 0.1) is 25.5 Å². The number of aromatic nitrogens is 4. The zero-order chi connectivity index (χ0) is 46.9. The van der Waals surface area contributed by atoms with Gasteiger partial charge in [-0.25, -0.2) is 8.78 Å². The number of halogens is 8. The van der Waals surface area contributed by atoms with Gasteiger partial charge in [0.15, 0.2) is 0 Å². The fourth-order valence-corrected chi connectivity index (χ4v) is 6.60. The Bertz CT molecular complexity index is 2490. The SMILES string of the molecule is Cc1cc(C(F)(F)F)ccc1CC(=O)Cc1cc(F)cc(CNc2cn[nH]c2C(N)=O)c1.Cc1cc(C(F)(F)F)ccc1CC(=O)Cc1cc(F)cc(CNc2cn[nH]c2C(N)=O)c1. The standard InChI is InChI=1S/2C22H20F4N4O2/c2*1-12-4-16(22(24,25)26)3-2-15(12)9-18(31)8-13-5-14(7-17(23)6-13)10-28-19-11-29-30-20(19)21(27)32/h2*2-7,11,28H,8-10H2,1H3,(H2,27,32)(H,29,30). The van der Waals surface area contributed by atoms with Gasteiger partial charge in [0.05, 0.1) is 34.9 Å². The lowest BCUT2D eigenvalue weighted by molar-refractivity contribution is -0.138. The Hall–Kier alpha value is -7.38. The molecule has 336 valence electrons. The molecule has 64 heavy (non-hydrogen) atoms. The van der Waals surface area contributed by atoms with Crippen molar-refractivity contribution in [1.82, 2.24) is 20.4 Å². The Morgan fingerprint density at radius 2 is 0.906 bits per heavy atom. The molecule has 0 spiro atoms. The van der Waals surface area contributed by atoms with E-state index < -0.39 is 46.9 Å². The molecule has 0 saturated carbocycles. The molecule has 0 fully saturated rings. The molecule has 2 aromatic heterocycles. The van der Waals surface area contributed by atoms with E-state index in [1.807, 2.05) is 0 Å². The molecule has 0 aliphatic rings. The highest BCUT2D eigenvalue weighted by molar-refractivity contribution is 5.96. The second-order valence-electron chi connectivity index (χ2n) is 14.8. The van der Waals surface area contributed by atoms with Crippen molar-refractivity contribution in [3.05, 3.63) is 164 Å². The number of rotatable bonds is 16. The van der Waals surface area contributed by atoms with E-state index >= 15 is 0 Å². The lowest BCUT2D eigenvalue weighted by atomic mass is 9.97. The Morgan fingerprint density at radius 1 is 0.547 bits per heavy atom. The van der Waals surface area contributed by atoms with Gasteiger partial charge in [-0.1, -0.05) is 24.3 Å². The van der Waals surface area contributed by atoms with Crippen LogP contribution in [-0.4, -0.2) is 43.8 Å². The van der Waals surface area contributed by atoms with E-state index in [4.69, 9.17) is 11.5 Å². The second kappa shape index (κ2) is 20.2. The van der Waals surface area contributed by atoms with Crippen molar-refractivity contribution in [3.8, 4) is 0 Å². The third kappa shape index (κ3) is 13.3. The number of primary amides is 2. The Kier molecular flexibility index (Phi) is 15.0. The molecule has 0 atom stereocenters. The summed E-state index contributed by atoms with van der Waals surface area (Å²) in [4.78, 5) is 47.6. The van der Waals surface area contributed by atoms with E-state index in [1.165, 1.54) is 62.6 Å². The fraction of sp³-hybridized carbons (Fsp3) is 0.227. The van der Waals surface area contributed by atoms with Crippen LogP contribution in [0.3, 0.4) is 0 Å². The van der Waals surface area contributed by atoms with Gasteiger partial charge in [-0.2, -0.15) is 36.5 Å². The van der Waals surface area contributed by atoms with E-state index in [0.29, 0.717) is 55.9 Å². The minimum atomic E-state index is -4.45. The number of aryl methyl sites for hydroxylation is 2. The minimum Gasteiger partial charge on any atom is -0.378 e. The van der Waals surface area contributed by atoms with Crippen molar-refractivity contribution in [2.24, 2.45) is 11.5 Å². The molecule has 2 amide bonds. The van der Waals surface area contributed by atoms with Crippen LogP contribution in [-0.2, 0) is 60.7 Å². The van der Waals surface area contributed by atoms with E-state index in [1.54, 1.807) is 12.1 Å². The van der Waals surface area contributed by atoms with Gasteiger partial charge < -0.3 is 22.1 Å². The number of alkyl halides is 6. The summed E-state index contributed by atoms with van der Waals surface area (Å²) in [6.07, 6.45) is -6.45. The first-order valence-corrected chi connectivity index (χ1v) is 19.1. The molecule has 4 aromatic carbocycles. The first-order valence-electron chi connectivity index (χ1n) is 19.1. The average Bonchev–Trinajstić information content (AvgIpc) is 3.87. The number of carbonyl (C=O) groups excluding carboxylic acids is 4. The number of nitrogens with one attached hydrogen (secondary N) is 4. The Labute approximate surface area is 359 Å². The van der Waals surface area contributed by atoms with Crippen LogP contribution in [0.5, 0.6) is 0 Å². The number of nitrogens with zero attached hydrogens (tertiary/aromatic N) is 2. The predicted molar refractivity (Wildman–Crippen MR) is 219 cm³/mol. The maximum absolute atomic E-state index is 14.1. The first kappa shape index (κ1) is 47.7. The van der Waals surface area contributed by atoms with Gasteiger partial charge in [0, 0.05) is 38.8 Å². The number of aromatic amines is 2. The van der Waals surface area contributed by atoms with Crippen molar-refractivity contribution < 1.29 is 54.3 Å². The summed E-state index contributed by atoms with van der Waals surface area (Å²) in [6, 6.07) is 14.8. The quantitative estimate of drug-likeness (QED) is 0.0527. The van der Waals surface area contributed by atoms with Gasteiger partial charge >= 0.3 is 12.4 Å². The summed E-state index contributed by atoms with van der Waals surface area (Å²) in [7, 11) is 0. The molecule has 0 aliphatic heterocycles. The highest BCUT2D eigenvalue weighted by Crippen LogP contribution is 2.32. The summed E-state index contributed by atoms with van der Waals surface area (Å²) < 4.78 is 105. The number of carbonyl (C=O) groups is 4. The monoisotopic (exact) mass is 896 g/mol. The van der Waals surface area contributed by atoms with Crippen LogP contribution in [0.15, 0.2) is 85.2 Å². The average molecular weight is 897 g/mol. The van der Waals surface area contributed by atoms with E-state index in [-0.39, 0.29) is 61.7 Å². The summed E-state index contributed by atoms with van der Waals surface area (Å²) in [6.45, 7) is 3.33. The molecule has 6 aromatic rings. The van der Waals surface area contributed by atoms with Gasteiger partial charge in [0.25, 0.3) is 11.8 Å². The van der Waals surface area contributed by atoms with Gasteiger partial charge in [0.2, 0.25) is 0 Å². The number of benzene rings is 4. The molecule has 0 bridgehead atoms. The summed E-state index contributed by atoms with van der Waals surface area (Å²) >= 11 is 0. The number of Topliss-reactive ketones (excluding diaryl/α,β-unsaturated/α-hetero) is 2. The summed E-state index contributed by atoms with van der Waals surface area (Å²) in [5.41, 5.74) is 13.4. The molecule has 0 saturated heterocycles. The van der Waals surface area contributed by atoms with E-state index in [2.05, 4.69) is 31.0 Å². The minimum absolute atomic E-state index is 0.0644. The zero-order valence-electron chi connectivity index (χ0n) is 34.0. The molecule has 0 aliphatic carbocycles. The smallest absolute Gasteiger partial charge is 0.378 e. The van der Waals surface area contributed by atoms with Crippen molar-refractivity contribution >= 4 is 34.8 Å². The number of anilines is 2. The highest BCUT2D eigenvalue weighted by Gasteiger charge is 2.31. The van der Waals surface area contributed by atoms with Gasteiger partial charge in [0.1, 0.15) is 34.6 Å². The number of ketones is 2. The highest BCUT2D eigenvalue weighted by atomic mass is 19.4. The van der Waals surface area contributed by atoms with Crippen LogP contribution >= 0.6 is 0 Å². The van der Waals surface area contributed by atoms with Gasteiger partial charge in [-0.15, -0.1) is 0 Å². The summed E-state index contributed by atoms with van der Waals surface area (Å²) in [5.74, 6) is -3.00. The molecule has 0 unspecified atom stereocenters. The molecule has 20 heteroatoms. The summed E-state index contributed by atoms with van der Waals surface area (Å²) in [5, 5.41) is 18.2. The predicted octanol–water partition coefficient (Wildman–Crippen LogP) is 7.88. The van der Waals surface area contributed by atoms with Crippen LogP contribution < -0.4 is 22.1 Å². The van der Waals surface area contributed by atoms with Crippen LogP contribution in [0.1, 0.15) is 76.6 Å². The topological polar surface area (TPSA) is 202 Å². The molecular weight excluding hydrogens is 857 g/mol. The van der Waals surface area contributed by atoms with Gasteiger partial charge in [-0.3, -0.25) is 29.4 Å². The van der Waals surface area contributed by atoms with Crippen molar-refractivity contribution in [2.75, 3.05) is 10.6 Å². The second-order valence-corrected chi connectivity index (χ2v) is 14.8. The lowest BCUT2D eigenvalue weighted by Crippen LogP contribution is -2.14. The number of nitrogens with two attached hydrogens (primary N) is 2. The van der Waals surface area contributed by atoms with Gasteiger partial charge in [-0.05, 0) is 107 Å². The first-order chi connectivity index (χ1) is 30.0. The molecular formula is C44H40F8N8O4. The van der Waals surface area contributed by atoms with Crippen molar-refractivity contribution in [1.29, 1.82) is 0 Å². The third-order valence-corrected chi connectivity index (χ3v) is 9.69.